The van der Waals surface area contributed by atoms with E-state index in [1.165, 1.54) is 0 Å². The minimum atomic E-state index is 0.650. The van der Waals surface area contributed by atoms with Gasteiger partial charge in [-0.15, -0.1) is 0 Å². The molecule has 1 aromatic carbocycles. The molecule has 0 bridgehead atoms. The maximum Gasteiger partial charge on any atom is 0.141 e. The lowest BCUT2D eigenvalue weighted by Gasteiger charge is -2.22. The zero-order chi connectivity index (χ0) is 15.4. The Balaban J connectivity index is 2.46. The van der Waals surface area contributed by atoms with E-state index >= 15 is 0 Å². The maximum atomic E-state index is 8.87. The number of anilines is 3. The molecule has 1 N–H and O–H groups in total. The molecular weight excluding hydrogens is 262 g/mol. The van der Waals surface area contributed by atoms with Gasteiger partial charge in [-0.05, 0) is 31.2 Å². The average molecular weight is 281 g/mol. The molecule has 21 heavy (non-hydrogen) atoms. The first kappa shape index (κ1) is 14.8. The molecule has 0 fully saturated rings. The fraction of sp³-hybridized carbons (Fsp3) is 0.312. The van der Waals surface area contributed by atoms with E-state index in [0.717, 1.165) is 35.1 Å². The number of nitriles is 1. The van der Waals surface area contributed by atoms with Crippen LogP contribution in [0, 0.1) is 18.3 Å². The zero-order valence-electron chi connectivity index (χ0n) is 12.8. The fourth-order valence-corrected chi connectivity index (χ4v) is 2.16. The Kier molecular flexibility index (Phi) is 4.39. The maximum absolute atomic E-state index is 8.87. The number of hydrogen-bond donors (Lipinski definition) is 1. The Morgan fingerprint density at radius 2 is 1.90 bits per heavy atom. The van der Waals surface area contributed by atoms with Crippen LogP contribution >= 0.6 is 0 Å². The SMILES string of the molecule is CCc1nc(NC)c(C)c(N(C)c2ccc(C#N)cc2)n1. The lowest BCUT2D eigenvalue weighted by Crippen LogP contribution is -2.16. The van der Waals surface area contributed by atoms with E-state index in [-0.39, 0.29) is 0 Å². The zero-order valence-corrected chi connectivity index (χ0v) is 12.8. The summed E-state index contributed by atoms with van der Waals surface area (Å²) in [5.74, 6) is 2.52. The summed E-state index contributed by atoms with van der Waals surface area (Å²) in [6, 6.07) is 9.58. The molecule has 5 heteroatoms. The van der Waals surface area contributed by atoms with Crippen molar-refractivity contribution < 1.29 is 0 Å². The van der Waals surface area contributed by atoms with E-state index in [1.807, 2.05) is 57.1 Å². The Morgan fingerprint density at radius 3 is 2.43 bits per heavy atom. The van der Waals surface area contributed by atoms with Gasteiger partial charge in [0.15, 0.2) is 0 Å². The number of nitrogens with one attached hydrogen (secondary N) is 1. The first-order valence-electron chi connectivity index (χ1n) is 6.89. The van der Waals surface area contributed by atoms with E-state index in [2.05, 4.69) is 21.4 Å². The van der Waals surface area contributed by atoms with Gasteiger partial charge in [0.25, 0.3) is 0 Å². The monoisotopic (exact) mass is 281 g/mol. The molecule has 0 saturated heterocycles. The molecule has 0 amide bonds. The molecular formula is C16H19N5. The molecule has 0 aliphatic carbocycles. The highest BCUT2D eigenvalue weighted by Crippen LogP contribution is 2.28. The molecule has 5 nitrogen and oxygen atoms in total. The summed E-state index contributed by atoms with van der Waals surface area (Å²) < 4.78 is 0. The van der Waals surface area contributed by atoms with Crippen LogP contribution in [0.1, 0.15) is 23.9 Å². The summed E-state index contributed by atoms with van der Waals surface area (Å²) in [5.41, 5.74) is 2.64. The second-order valence-corrected chi connectivity index (χ2v) is 4.76. The van der Waals surface area contributed by atoms with Crippen LogP contribution in [0.3, 0.4) is 0 Å². The summed E-state index contributed by atoms with van der Waals surface area (Å²) in [6.45, 7) is 4.04. The molecule has 0 saturated carbocycles. The quantitative estimate of drug-likeness (QED) is 0.933. The normalized spacial score (nSPS) is 10.0. The van der Waals surface area contributed by atoms with Gasteiger partial charge < -0.3 is 10.2 Å². The number of benzene rings is 1. The van der Waals surface area contributed by atoms with Gasteiger partial charge in [-0.1, -0.05) is 6.92 Å². The third kappa shape index (κ3) is 2.95. The van der Waals surface area contributed by atoms with Crippen molar-refractivity contribution in [2.24, 2.45) is 0 Å². The molecule has 0 atom stereocenters. The van der Waals surface area contributed by atoms with Crippen molar-refractivity contribution in [3.05, 3.63) is 41.2 Å². The first-order chi connectivity index (χ1) is 10.1. The second-order valence-electron chi connectivity index (χ2n) is 4.76. The standard InChI is InChI=1S/C16H19N5/c1-5-14-19-15(18-3)11(2)16(20-14)21(4)13-8-6-12(10-17)7-9-13/h6-9H,5H2,1-4H3,(H,18,19,20). The van der Waals surface area contributed by atoms with Crippen LogP contribution in [-0.2, 0) is 6.42 Å². The molecule has 2 rings (SSSR count). The molecule has 1 aromatic heterocycles. The predicted molar refractivity (Wildman–Crippen MR) is 84.9 cm³/mol. The Bertz CT molecular complexity index is 670. The van der Waals surface area contributed by atoms with Crippen LogP contribution in [-0.4, -0.2) is 24.1 Å². The van der Waals surface area contributed by atoms with Crippen molar-refractivity contribution >= 4 is 17.3 Å². The number of rotatable bonds is 4. The van der Waals surface area contributed by atoms with E-state index in [1.54, 1.807) is 0 Å². The minimum absolute atomic E-state index is 0.650. The topological polar surface area (TPSA) is 64.8 Å². The van der Waals surface area contributed by atoms with Crippen LogP contribution < -0.4 is 10.2 Å². The molecule has 0 spiro atoms. The highest BCUT2D eigenvalue weighted by Gasteiger charge is 2.14. The third-order valence-electron chi connectivity index (χ3n) is 3.42. The van der Waals surface area contributed by atoms with E-state index in [4.69, 9.17) is 5.26 Å². The number of aryl methyl sites for hydroxylation is 1. The molecule has 0 unspecified atom stereocenters. The lowest BCUT2D eigenvalue weighted by molar-refractivity contribution is 0.917. The van der Waals surface area contributed by atoms with E-state index in [0.29, 0.717) is 5.56 Å². The smallest absolute Gasteiger partial charge is 0.141 e. The molecule has 2 aromatic rings. The van der Waals surface area contributed by atoms with Crippen LogP contribution in [0.15, 0.2) is 24.3 Å². The molecule has 108 valence electrons. The Labute approximate surface area is 125 Å². The number of aromatic nitrogens is 2. The van der Waals surface area contributed by atoms with Crippen molar-refractivity contribution in [3.63, 3.8) is 0 Å². The van der Waals surface area contributed by atoms with Crippen LogP contribution in [0.25, 0.3) is 0 Å². The third-order valence-corrected chi connectivity index (χ3v) is 3.42. The average Bonchev–Trinajstić information content (AvgIpc) is 2.54. The highest BCUT2D eigenvalue weighted by atomic mass is 15.2. The van der Waals surface area contributed by atoms with Crippen molar-refractivity contribution in [3.8, 4) is 6.07 Å². The summed E-state index contributed by atoms with van der Waals surface area (Å²) in [6.07, 6.45) is 0.781. The first-order valence-corrected chi connectivity index (χ1v) is 6.89. The number of hydrogen-bond acceptors (Lipinski definition) is 5. The number of nitrogens with zero attached hydrogens (tertiary/aromatic N) is 4. The van der Waals surface area contributed by atoms with Gasteiger partial charge in [-0.25, -0.2) is 9.97 Å². The van der Waals surface area contributed by atoms with Gasteiger partial charge >= 0.3 is 0 Å². The van der Waals surface area contributed by atoms with Crippen LogP contribution in [0.2, 0.25) is 0 Å². The largest absolute Gasteiger partial charge is 0.373 e. The van der Waals surface area contributed by atoms with Gasteiger partial charge in [0.1, 0.15) is 17.5 Å². The molecule has 1 heterocycles. The van der Waals surface area contributed by atoms with Gasteiger partial charge in [-0.3, -0.25) is 0 Å². The fourth-order valence-electron chi connectivity index (χ4n) is 2.16. The minimum Gasteiger partial charge on any atom is -0.373 e. The van der Waals surface area contributed by atoms with Crippen molar-refractivity contribution in [1.29, 1.82) is 5.26 Å². The lowest BCUT2D eigenvalue weighted by atomic mass is 10.2. The van der Waals surface area contributed by atoms with Gasteiger partial charge in [0.05, 0.1) is 11.6 Å². The summed E-state index contributed by atoms with van der Waals surface area (Å²) >= 11 is 0. The predicted octanol–water partition coefficient (Wildman–Crippen LogP) is 3.03. The van der Waals surface area contributed by atoms with Crippen molar-refractivity contribution in [2.45, 2.75) is 20.3 Å². The van der Waals surface area contributed by atoms with E-state index in [9.17, 15) is 0 Å². The van der Waals surface area contributed by atoms with Crippen molar-refractivity contribution in [1.82, 2.24) is 9.97 Å². The van der Waals surface area contributed by atoms with Gasteiger partial charge in [-0.2, -0.15) is 5.26 Å². The molecule has 0 radical (unpaired) electrons. The summed E-state index contributed by atoms with van der Waals surface area (Å²) in [7, 11) is 3.83. The highest BCUT2D eigenvalue weighted by molar-refractivity contribution is 5.67. The van der Waals surface area contributed by atoms with Crippen molar-refractivity contribution in [2.75, 3.05) is 24.3 Å². The van der Waals surface area contributed by atoms with Gasteiger partial charge in [0.2, 0.25) is 0 Å². The molecule has 0 aliphatic rings. The van der Waals surface area contributed by atoms with Crippen LogP contribution in [0.5, 0.6) is 0 Å². The molecule has 0 aliphatic heterocycles. The second kappa shape index (κ2) is 6.23. The summed E-state index contributed by atoms with van der Waals surface area (Å²) in [4.78, 5) is 11.1. The summed E-state index contributed by atoms with van der Waals surface area (Å²) in [5, 5.41) is 12.0. The Hall–Kier alpha value is -2.61. The van der Waals surface area contributed by atoms with Gasteiger partial charge in [0, 0.05) is 31.8 Å². The van der Waals surface area contributed by atoms with E-state index < -0.39 is 0 Å². The Morgan fingerprint density at radius 1 is 1.24 bits per heavy atom. The van der Waals surface area contributed by atoms with Crippen LogP contribution in [0.4, 0.5) is 17.3 Å².